The van der Waals surface area contributed by atoms with Gasteiger partial charge in [0, 0.05) is 6.54 Å². The van der Waals surface area contributed by atoms with Gasteiger partial charge in [0.05, 0.1) is 0 Å². The Labute approximate surface area is 125 Å². The van der Waals surface area contributed by atoms with E-state index in [9.17, 15) is 0 Å². The normalized spacial score (nSPS) is 10.9. The van der Waals surface area contributed by atoms with Gasteiger partial charge in [-0.15, -0.1) is 0 Å². The lowest BCUT2D eigenvalue weighted by Gasteiger charge is -2.21. The largest absolute Gasteiger partial charge is 0.318 e. The van der Waals surface area contributed by atoms with E-state index in [1.807, 2.05) is 0 Å². The molecular weight excluding hydrogens is 258 g/mol. The van der Waals surface area contributed by atoms with Gasteiger partial charge in [-0.25, -0.2) is 0 Å². The van der Waals surface area contributed by atoms with Crippen LogP contribution in [0.1, 0.15) is 31.7 Å². The molecule has 2 aromatic rings. The highest BCUT2D eigenvalue weighted by Gasteiger charge is 2.08. The molecule has 0 aliphatic rings. The molecule has 0 aliphatic heterocycles. The molecule has 0 saturated heterocycles. The Morgan fingerprint density at radius 2 is 1.50 bits per heavy atom. The zero-order chi connectivity index (χ0) is 14.0. The maximum atomic E-state index is 2.58. The van der Waals surface area contributed by atoms with Crippen molar-refractivity contribution in [3.63, 3.8) is 0 Å². The fraction of sp³-hybridized carbons (Fsp3) is 0.333. The van der Waals surface area contributed by atoms with Gasteiger partial charge < -0.3 is 4.57 Å². The third-order valence-corrected chi connectivity index (χ3v) is 4.60. The van der Waals surface area contributed by atoms with E-state index in [2.05, 4.69) is 72.2 Å². The Morgan fingerprint density at radius 3 is 2.15 bits per heavy atom. The number of nitrogens with zero attached hydrogens (tertiary/aromatic N) is 1. The lowest BCUT2D eigenvalue weighted by atomic mass is 10.2. The Bertz CT molecular complexity index is 428. The summed E-state index contributed by atoms with van der Waals surface area (Å²) >= 11 is 0. The third-order valence-electron chi connectivity index (χ3n) is 3.31. The topological polar surface area (TPSA) is 3.24 Å². The highest BCUT2D eigenvalue weighted by Crippen LogP contribution is 2.05. The van der Waals surface area contributed by atoms with Gasteiger partial charge in [0.1, 0.15) is 0 Å². The molecule has 0 aliphatic carbocycles. The van der Waals surface area contributed by atoms with Gasteiger partial charge in [-0.2, -0.15) is 0 Å². The summed E-state index contributed by atoms with van der Waals surface area (Å²) in [5.41, 5.74) is 1.41. The molecule has 0 saturated carbocycles. The molecule has 0 spiro atoms. The predicted octanol–water partition coefficient (Wildman–Crippen LogP) is 3.62. The second-order valence-corrected chi connectivity index (χ2v) is 6.53. The number of hydrogen-bond acceptors (Lipinski definition) is 1. The van der Waals surface area contributed by atoms with E-state index in [4.69, 9.17) is 0 Å². The van der Waals surface area contributed by atoms with Gasteiger partial charge in [-0.05, 0) is 23.7 Å². The first-order chi connectivity index (χ1) is 9.88. The van der Waals surface area contributed by atoms with Crippen LogP contribution in [0.15, 0.2) is 60.7 Å². The van der Waals surface area contributed by atoms with Gasteiger partial charge in [-0.1, -0.05) is 80.4 Å². The van der Waals surface area contributed by atoms with E-state index in [1.54, 1.807) is 0 Å². The molecule has 0 atom stereocenters. The van der Waals surface area contributed by atoms with Crippen molar-refractivity contribution in [1.29, 1.82) is 0 Å². The molecule has 0 amide bonds. The second-order valence-electron chi connectivity index (χ2n) is 5.09. The maximum Gasteiger partial charge on any atom is 0.182 e. The SMILES string of the molecule is CCCCCN(Cc1ccccc1)[Si]c1ccccc1. The Balaban J connectivity index is 1.96. The average Bonchev–Trinajstić information content (AvgIpc) is 2.49. The molecule has 2 rings (SSSR count). The summed E-state index contributed by atoms with van der Waals surface area (Å²) in [5.74, 6) is 0. The first-order valence-corrected chi connectivity index (χ1v) is 8.44. The van der Waals surface area contributed by atoms with Crippen LogP contribution in [0.3, 0.4) is 0 Å². The summed E-state index contributed by atoms with van der Waals surface area (Å²) in [6.45, 7) is 4.51. The summed E-state index contributed by atoms with van der Waals surface area (Å²) in [7, 11) is 0.766. The monoisotopic (exact) mass is 281 g/mol. The van der Waals surface area contributed by atoms with Crippen molar-refractivity contribution in [2.45, 2.75) is 32.7 Å². The second kappa shape index (κ2) is 8.72. The van der Waals surface area contributed by atoms with E-state index in [1.165, 1.54) is 36.6 Å². The van der Waals surface area contributed by atoms with E-state index in [-0.39, 0.29) is 0 Å². The molecule has 1 nitrogen and oxygen atoms in total. The molecule has 2 aromatic carbocycles. The van der Waals surface area contributed by atoms with Gasteiger partial charge in [0.25, 0.3) is 0 Å². The summed E-state index contributed by atoms with van der Waals surface area (Å²) in [6, 6.07) is 21.6. The van der Waals surface area contributed by atoms with Crippen molar-refractivity contribution in [2.24, 2.45) is 0 Å². The summed E-state index contributed by atoms with van der Waals surface area (Å²) < 4.78 is 2.58. The lowest BCUT2D eigenvalue weighted by molar-refractivity contribution is 0.424. The minimum atomic E-state index is 0.766. The van der Waals surface area contributed by atoms with E-state index >= 15 is 0 Å². The molecule has 20 heavy (non-hydrogen) atoms. The molecule has 0 unspecified atom stereocenters. The Hall–Kier alpha value is -1.38. The summed E-state index contributed by atoms with van der Waals surface area (Å²) in [4.78, 5) is 0. The number of benzene rings is 2. The molecule has 2 radical (unpaired) electrons. The highest BCUT2D eigenvalue weighted by molar-refractivity contribution is 6.50. The van der Waals surface area contributed by atoms with Crippen LogP contribution in [-0.4, -0.2) is 20.8 Å². The molecule has 104 valence electrons. The molecule has 2 heteroatoms. The fourth-order valence-electron chi connectivity index (χ4n) is 2.23. The zero-order valence-corrected chi connectivity index (χ0v) is 13.3. The van der Waals surface area contributed by atoms with Crippen molar-refractivity contribution in [3.8, 4) is 0 Å². The van der Waals surface area contributed by atoms with Crippen molar-refractivity contribution < 1.29 is 0 Å². The van der Waals surface area contributed by atoms with Crippen molar-refractivity contribution in [3.05, 3.63) is 66.2 Å². The standard InChI is InChI=1S/C18H23NSi/c1-2-3-10-15-19(16-17-11-6-4-7-12-17)20-18-13-8-5-9-14-18/h4-9,11-14H,2-3,10,15-16H2,1H3. The van der Waals surface area contributed by atoms with Gasteiger partial charge in [-0.3, -0.25) is 0 Å². The summed E-state index contributed by atoms with van der Waals surface area (Å²) in [6.07, 6.45) is 3.90. The van der Waals surface area contributed by atoms with E-state index < -0.39 is 0 Å². The average molecular weight is 281 g/mol. The summed E-state index contributed by atoms with van der Waals surface area (Å²) in [5, 5.41) is 1.43. The molecule has 0 fully saturated rings. The lowest BCUT2D eigenvalue weighted by Crippen LogP contribution is -2.36. The van der Waals surface area contributed by atoms with Crippen LogP contribution in [0.25, 0.3) is 0 Å². The maximum absolute atomic E-state index is 2.58. The minimum Gasteiger partial charge on any atom is -0.318 e. The zero-order valence-electron chi connectivity index (χ0n) is 12.3. The Morgan fingerprint density at radius 1 is 0.850 bits per heavy atom. The van der Waals surface area contributed by atoms with E-state index in [0.717, 1.165) is 16.2 Å². The number of rotatable bonds is 8. The minimum absolute atomic E-state index is 0.766. The van der Waals surface area contributed by atoms with Crippen LogP contribution in [0, 0.1) is 0 Å². The van der Waals surface area contributed by atoms with Crippen LogP contribution >= 0.6 is 0 Å². The molecular formula is C18H23NSi. The van der Waals surface area contributed by atoms with E-state index in [0.29, 0.717) is 0 Å². The van der Waals surface area contributed by atoms with Crippen LogP contribution in [-0.2, 0) is 6.54 Å². The van der Waals surface area contributed by atoms with Crippen molar-refractivity contribution in [2.75, 3.05) is 6.54 Å². The predicted molar refractivity (Wildman–Crippen MR) is 88.2 cm³/mol. The quantitative estimate of drug-likeness (QED) is 0.527. The van der Waals surface area contributed by atoms with Crippen molar-refractivity contribution in [1.82, 2.24) is 4.57 Å². The number of hydrogen-bond donors (Lipinski definition) is 0. The first kappa shape index (κ1) is 15.0. The first-order valence-electron chi connectivity index (χ1n) is 7.49. The smallest absolute Gasteiger partial charge is 0.182 e. The highest BCUT2D eigenvalue weighted by atomic mass is 28.2. The van der Waals surface area contributed by atoms with Crippen LogP contribution in [0.2, 0.25) is 0 Å². The molecule has 0 aromatic heterocycles. The van der Waals surface area contributed by atoms with Crippen LogP contribution < -0.4 is 5.19 Å². The fourth-order valence-corrected chi connectivity index (χ4v) is 3.46. The Kier molecular flexibility index (Phi) is 6.55. The van der Waals surface area contributed by atoms with Gasteiger partial charge in [0.2, 0.25) is 0 Å². The third kappa shape index (κ3) is 5.31. The van der Waals surface area contributed by atoms with Gasteiger partial charge >= 0.3 is 0 Å². The van der Waals surface area contributed by atoms with Gasteiger partial charge in [0.15, 0.2) is 9.68 Å². The number of unbranched alkanes of at least 4 members (excludes halogenated alkanes) is 2. The molecule has 0 heterocycles. The molecule has 0 N–H and O–H groups in total. The van der Waals surface area contributed by atoms with Crippen molar-refractivity contribution >= 4 is 14.9 Å². The van der Waals surface area contributed by atoms with Crippen LogP contribution in [0.5, 0.6) is 0 Å². The van der Waals surface area contributed by atoms with Crippen LogP contribution in [0.4, 0.5) is 0 Å². The molecule has 0 bridgehead atoms.